The SMILES string of the molecule is CN1CCN(CCN(C2=CC=C(c3cccc(C#N)c3)CC2)c2ccc(F)c(Cl)c2)CC1.NC=O. The molecule has 1 aliphatic carbocycles. The van der Waals surface area contributed by atoms with Gasteiger partial charge in [0, 0.05) is 50.7 Å². The van der Waals surface area contributed by atoms with Crippen LogP contribution in [0.4, 0.5) is 10.1 Å². The lowest BCUT2D eigenvalue weighted by atomic mass is 9.94. The van der Waals surface area contributed by atoms with Crippen LogP contribution < -0.4 is 10.6 Å². The summed E-state index contributed by atoms with van der Waals surface area (Å²) < 4.78 is 13.8. The molecule has 2 aromatic rings. The predicted molar refractivity (Wildman–Crippen MR) is 139 cm³/mol. The van der Waals surface area contributed by atoms with Crippen molar-refractivity contribution < 1.29 is 9.18 Å². The van der Waals surface area contributed by atoms with Crippen molar-refractivity contribution in [1.29, 1.82) is 5.26 Å². The number of hydrogen-bond acceptors (Lipinski definition) is 5. The number of carbonyl (C=O) groups is 1. The highest BCUT2D eigenvalue weighted by Gasteiger charge is 2.20. The number of likely N-dealkylation sites (N-methyl/N-ethyl adjacent to an activating group) is 1. The molecule has 35 heavy (non-hydrogen) atoms. The number of rotatable bonds is 6. The molecule has 1 amide bonds. The number of hydrogen-bond donors (Lipinski definition) is 1. The van der Waals surface area contributed by atoms with Gasteiger partial charge in [-0.05, 0) is 67.4 Å². The molecule has 0 spiro atoms. The largest absolute Gasteiger partial charge is 0.372 e. The van der Waals surface area contributed by atoms with E-state index in [9.17, 15) is 9.65 Å². The molecule has 0 bridgehead atoms. The van der Waals surface area contributed by atoms with E-state index in [-0.39, 0.29) is 11.4 Å². The van der Waals surface area contributed by atoms with E-state index in [2.05, 4.69) is 51.8 Å². The number of nitrogens with zero attached hydrogens (tertiary/aromatic N) is 4. The molecule has 1 aliphatic heterocycles. The summed E-state index contributed by atoms with van der Waals surface area (Å²) in [5.74, 6) is -0.397. The number of anilines is 1. The summed E-state index contributed by atoms with van der Waals surface area (Å²) in [4.78, 5) is 15.7. The van der Waals surface area contributed by atoms with Crippen molar-refractivity contribution in [3.05, 3.63) is 82.3 Å². The highest BCUT2D eigenvalue weighted by Crippen LogP contribution is 2.32. The Hall–Kier alpha value is -3.18. The molecule has 2 N–H and O–H groups in total. The number of primary amides is 1. The summed E-state index contributed by atoms with van der Waals surface area (Å²) in [6.45, 7) is 6.06. The third-order valence-electron chi connectivity index (χ3n) is 6.29. The molecule has 4 rings (SSSR count). The number of halogens is 2. The molecular formula is C27H31ClFN5O. The number of allylic oxidation sites excluding steroid dienone is 4. The van der Waals surface area contributed by atoms with Crippen LogP contribution in [0.25, 0.3) is 5.57 Å². The van der Waals surface area contributed by atoms with Crippen molar-refractivity contribution in [2.24, 2.45) is 5.73 Å². The van der Waals surface area contributed by atoms with Crippen molar-refractivity contribution in [2.45, 2.75) is 12.8 Å². The van der Waals surface area contributed by atoms with E-state index in [1.165, 1.54) is 17.3 Å². The maximum Gasteiger partial charge on any atom is 0.204 e. The van der Waals surface area contributed by atoms with Crippen molar-refractivity contribution in [2.75, 3.05) is 51.2 Å². The Labute approximate surface area is 211 Å². The zero-order valence-electron chi connectivity index (χ0n) is 20.0. The summed E-state index contributed by atoms with van der Waals surface area (Å²) in [5.41, 5.74) is 9.27. The molecule has 0 unspecified atom stereocenters. The zero-order chi connectivity index (χ0) is 25.2. The van der Waals surface area contributed by atoms with E-state index in [1.54, 1.807) is 6.07 Å². The Morgan fingerprint density at radius 3 is 2.51 bits per heavy atom. The van der Waals surface area contributed by atoms with Crippen LogP contribution in [0, 0.1) is 17.1 Å². The first-order chi connectivity index (χ1) is 16.9. The number of nitriles is 1. The average Bonchev–Trinajstić information content (AvgIpc) is 2.88. The Balaban J connectivity index is 0.00000108. The van der Waals surface area contributed by atoms with E-state index in [0.717, 1.165) is 63.4 Å². The third-order valence-corrected chi connectivity index (χ3v) is 6.58. The lowest BCUT2D eigenvalue weighted by Crippen LogP contribution is -2.47. The van der Waals surface area contributed by atoms with Crippen molar-refractivity contribution >= 4 is 29.3 Å². The van der Waals surface area contributed by atoms with Gasteiger partial charge in [0.2, 0.25) is 6.41 Å². The highest BCUT2D eigenvalue weighted by atomic mass is 35.5. The summed E-state index contributed by atoms with van der Waals surface area (Å²) in [6.07, 6.45) is 6.31. The van der Waals surface area contributed by atoms with Gasteiger partial charge in [0.15, 0.2) is 0 Å². The second-order valence-electron chi connectivity index (χ2n) is 8.57. The first-order valence-electron chi connectivity index (χ1n) is 11.6. The molecule has 1 saturated heterocycles. The molecule has 1 heterocycles. The van der Waals surface area contributed by atoms with Crippen LogP contribution in [0.1, 0.15) is 24.0 Å². The zero-order valence-corrected chi connectivity index (χ0v) is 20.7. The molecule has 0 atom stereocenters. The smallest absolute Gasteiger partial charge is 0.204 e. The van der Waals surface area contributed by atoms with Crippen molar-refractivity contribution in [3.8, 4) is 6.07 Å². The molecular weight excluding hydrogens is 465 g/mol. The van der Waals surface area contributed by atoms with Crippen LogP contribution >= 0.6 is 11.6 Å². The lowest BCUT2D eigenvalue weighted by molar-refractivity contribution is -0.106. The van der Waals surface area contributed by atoms with E-state index < -0.39 is 5.82 Å². The number of piperazine rings is 1. The van der Waals surface area contributed by atoms with Gasteiger partial charge in [-0.25, -0.2) is 4.39 Å². The molecule has 6 nitrogen and oxygen atoms in total. The van der Waals surface area contributed by atoms with Crippen LogP contribution in [0.3, 0.4) is 0 Å². The molecule has 8 heteroatoms. The van der Waals surface area contributed by atoms with Crippen LogP contribution in [-0.2, 0) is 4.79 Å². The quantitative estimate of drug-likeness (QED) is 0.606. The number of carbonyl (C=O) groups excluding carboxylic acids is 1. The van der Waals surface area contributed by atoms with Gasteiger partial charge in [0.1, 0.15) is 5.82 Å². The Morgan fingerprint density at radius 1 is 1.14 bits per heavy atom. The maximum absolute atomic E-state index is 13.8. The molecule has 1 fully saturated rings. The van der Waals surface area contributed by atoms with Gasteiger partial charge in [-0.15, -0.1) is 0 Å². The van der Waals surface area contributed by atoms with E-state index in [1.807, 2.05) is 24.3 Å². The molecule has 0 aromatic heterocycles. The first-order valence-corrected chi connectivity index (χ1v) is 12.0. The monoisotopic (exact) mass is 495 g/mol. The van der Waals surface area contributed by atoms with Gasteiger partial charge in [-0.3, -0.25) is 9.69 Å². The van der Waals surface area contributed by atoms with Gasteiger partial charge >= 0.3 is 0 Å². The van der Waals surface area contributed by atoms with Crippen LogP contribution in [0.15, 0.2) is 60.3 Å². The van der Waals surface area contributed by atoms with Gasteiger partial charge in [0.05, 0.1) is 16.7 Å². The topological polar surface area (TPSA) is 76.6 Å². The Bertz CT molecular complexity index is 1120. The lowest BCUT2D eigenvalue weighted by Gasteiger charge is -2.35. The number of amides is 1. The maximum atomic E-state index is 13.8. The second-order valence-corrected chi connectivity index (χ2v) is 8.98. The van der Waals surface area contributed by atoms with Gasteiger partial charge in [0.25, 0.3) is 0 Å². The van der Waals surface area contributed by atoms with E-state index in [4.69, 9.17) is 16.4 Å². The predicted octanol–water partition coefficient (Wildman–Crippen LogP) is 4.27. The second kappa shape index (κ2) is 13.1. The van der Waals surface area contributed by atoms with Gasteiger partial charge in [-0.1, -0.05) is 29.8 Å². The normalized spacial score (nSPS) is 16.3. The standard InChI is InChI=1S/C26H28ClFN4.CH3NO/c1-30-11-13-31(14-12-30)15-16-32(24-9-10-26(28)25(27)18-24)23-7-5-21(6-8-23)22-4-2-3-20(17-22)19-29;2-1-3/h2-5,7,9-10,17-18H,6,8,11-16H2,1H3;1H,(H2,2,3). The Kier molecular flexibility index (Phi) is 9.86. The van der Waals surface area contributed by atoms with Gasteiger partial charge < -0.3 is 15.5 Å². The van der Waals surface area contributed by atoms with Gasteiger partial charge in [-0.2, -0.15) is 5.26 Å². The fourth-order valence-electron chi connectivity index (χ4n) is 4.28. The number of benzene rings is 2. The third kappa shape index (κ3) is 7.40. The molecule has 2 aliphatic rings. The van der Waals surface area contributed by atoms with Crippen LogP contribution in [-0.4, -0.2) is 62.5 Å². The van der Waals surface area contributed by atoms with Crippen molar-refractivity contribution in [1.82, 2.24) is 9.80 Å². The molecule has 2 aromatic carbocycles. The number of nitrogens with two attached hydrogens (primary N) is 1. The molecule has 0 saturated carbocycles. The summed E-state index contributed by atoms with van der Waals surface area (Å²) in [5, 5.41) is 9.34. The fourth-order valence-corrected chi connectivity index (χ4v) is 4.46. The minimum absolute atomic E-state index is 0.146. The summed E-state index contributed by atoms with van der Waals surface area (Å²) >= 11 is 6.12. The molecule has 0 radical (unpaired) electrons. The molecule has 184 valence electrons. The summed E-state index contributed by atoms with van der Waals surface area (Å²) in [6, 6.07) is 14.9. The van der Waals surface area contributed by atoms with Crippen molar-refractivity contribution in [3.63, 3.8) is 0 Å². The van der Waals surface area contributed by atoms with E-state index in [0.29, 0.717) is 5.56 Å². The minimum Gasteiger partial charge on any atom is -0.372 e. The minimum atomic E-state index is -0.397. The van der Waals surface area contributed by atoms with Crippen LogP contribution in [0.5, 0.6) is 0 Å². The van der Waals surface area contributed by atoms with Crippen LogP contribution in [0.2, 0.25) is 5.02 Å². The fraction of sp³-hybridized carbons (Fsp3) is 0.333. The first kappa shape index (κ1) is 26.4. The Morgan fingerprint density at radius 2 is 1.89 bits per heavy atom. The summed E-state index contributed by atoms with van der Waals surface area (Å²) in [7, 11) is 2.16. The average molecular weight is 496 g/mol. The van der Waals surface area contributed by atoms with E-state index >= 15 is 0 Å². The highest BCUT2D eigenvalue weighted by molar-refractivity contribution is 6.31.